The zero-order chi connectivity index (χ0) is 13.6. The van der Waals surface area contributed by atoms with Gasteiger partial charge in [0.05, 0.1) is 6.61 Å². The van der Waals surface area contributed by atoms with Crippen molar-refractivity contribution in [2.75, 3.05) is 19.8 Å². The molecule has 1 fully saturated rings. The first kappa shape index (κ1) is 15.2. The Balaban J connectivity index is 2.48. The van der Waals surface area contributed by atoms with E-state index in [2.05, 4.69) is 9.46 Å². The van der Waals surface area contributed by atoms with Crippen molar-refractivity contribution in [3.63, 3.8) is 0 Å². The molecule has 1 aliphatic carbocycles. The highest BCUT2D eigenvalue weighted by Gasteiger charge is 2.34. The Labute approximate surface area is 107 Å². The number of aliphatic hydroxyl groups is 1. The van der Waals surface area contributed by atoms with Gasteiger partial charge in [-0.15, -0.1) is 0 Å². The standard InChI is InChI=1S/C10H20N2O5S/c1-2-17-9(14)12-18(15,16)11-7-10(8-13)5-3-4-6-10/h11,13H,2-8H2,1H3,(H,12,14). The van der Waals surface area contributed by atoms with Crippen LogP contribution in [0.1, 0.15) is 32.6 Å². The molecule has 0 aliphatic heterocycles. The van der Waals surface area contributed by atoms with Gasteiger partial charge in [0.15, 0.2) is 0 Å². The first-order chi connectivity index (χ1) is 8.43. The fourth-order valence-electron chi connectivity index (χ4n) is 2.07. The van der Waals surface area contributed by atoms with Gasteiger partial charge in [-0.05, 0) is 19.8 Å². The summed E-state index contributed by atoms with van der Waals surface area (Å²) in [6, 6.07) is 0. The molecule has 0 atom stereocenters. The van der Waals surface area contributed by atoms with Crippen LogP contribution in [-0.2, 0) is 14.9 Å². The highest BCUT2D eigenvalue weighted by atomic mass is 32.2. The first-order valence-electron chi connectivity index (χ1n) is 5.98. The summed E-state index contributed by atoms with van der Waals surface area (Å²) in [5.74, 6) is 0. The molecule has 0 aromatic heterocycles. The monoisotopic (exact) mass is 280 g/mol. The molecule has 0 unspecified atom stereocenters. The SMILES string of the molecule is CCOC(=O)NS(=O)(=O)NCC1(CO)CCCC1. The second-order valence-electron chi connectivity index (χ2n) is 4.51. The lowest BCUT2D eigenvalue weighted by Gasteiger charge is -2.26. The van der Waals surface area contributed by atoms with Gasteiger partial charge < -0.3 is 9.84 Å². The number of hydrogen-bond donors (Lipinski definition) is 3. The molecule has 18 heavy (non-hydrogen) atoms. The molecular weight excluding hydrogens is 260 g/mol. The highest BCUT2D eigenvalue weighted by molar-refractivity contribution is 7.88. The Hall–Kier alpha value is -0.860. The molecule has 1 rings (SSSR count). The van der Waals surface area contributed by atoms with Crippen molar-refractivity contribution in [1.82, 2.24) is 9.44 Å². The number of aliphatic hydroxyl groups excluding tert-OH is 1. The molecule has 7 nitrogen and oxygen atoms in total. The lowest BCUT2D eigenvalue weighted by atomic mass is 9.88. The van der Waals surface area contributed by atoms with Crippen molar-refractivity contribution in [2.24, 2.45) is 5.41 Å². The van der Waals surface area contributed by atoms with Crippen LogP contribution in [0.15, 0.2) is 0 Å². The lowest BCUT2D eigenvalue weighted by molar-refractivity contribution is 0.134. The van der Waals surface area contributed by atoms with Crippen molar-refractivity contribution in [1.29, 1.82) is 0 Å². The second kappa shape index (κ2) is 6.35. The van der Waals surface area contributed by atoms with Crippen molar-refractivity contribution in [3.05, 3.63) is 0 Å². The summed E-state index contributed by atoms with van der Waals surface area (Å²) in [4.78, 5) is 11.0. The van der Waals surface area contributed by atoms with Crippen LogP contribution in [0.3, 0.4) is 0 Å². The lowest BCUT2D eigenvalue weighted by Crippen LogP contribution is -2.45. The zero-order valence-corrected chi connectivity index (χ0v) is 11.3. The van der Waals surface area contributed by atoms with Crippen LogP contribution in [0.25, 0.3) is 0 Å². The van der Waals surface area contributed by atoms with Crippen molar-refractivity contribution in [3.8, 4) is 0 Å². The smallest absolute Gasteiger partial charge is 0.421 e. The maximum Gasteiger partial charge on any atom is 0.421 e. The molecule has 0 saturated heterocycles. The van der Waals surface area contributed by atoms with Crippen LogP contribution >= 0.6 is 0 Å². The second-order valence-corrected chi connectivity index (χ2v) is 6.01. The number of carbonyl (C=O) groups excluding carboxylic acids is 1. The summed E-state index contributed by atoms with van der Waals surface area (Å²) >= 11 is 0. The Morgan fingerprint density at radius 2 is 2.00 bits per heavy atom. The third-order valence-electron chi connectivity index (χ3n) is 3.13. The summed E-state index contributed by atoms with van der Waals surface area (Å²) in [5, 5.41) is 9.33. The minimum absolute atomic E-state index is 0.0606. The van der Waals surface area contributed by atoms with Crippen molar-refractivity contribution < 1.29 is 23.1 Å². The molecule has 0 heterocycles. The van der Waals surface area contributed by atoms with Gasteiger partial charge in [-0.25, -0.2) is 9.52 Å². The summed E-state index contributed by atoms with van der Waals surface area (Å²) in [6.07, 6.45) is 2.52. The van der Waals surface area contributed by atoms with Gasteiger partial charge in [-0.2, -0.15) is 13.1 Å². The third-order valence-corrected chi connectivity index (χ3v) is 4.09. The van der Waals surface area contributed by atoms with Crippen molar-refractivity contribution in [2.45, 2.75) is 32.6 Å². The van der Waals surface area contributed by atoms with E-state index < -0.39 is 21.7 Å². The molecule has 0 radical (unpaired) electrons. The van der Waals surface area contributed by atoms with Crippen LogP contribution in [0, 0.1) is 5.41 Å². The highest BCUT2D eigenvalue weighted by Crippen LogP contribution is 2.36. The predicted octanol–water partition coefficient (Wildman–Crippen LogP) is 0.120. The minimum atomic E-state index is -3.92. The van der Waals surface area contributed by atoms with Gasteiger partial charge in [0, 0.05) is 18.6 Å². The Bertz CT molecular complexity index is 376. The van der Waals surface area contributed by atoms with Crippen LogP contribution in [0.4, 0.5) is 4.79 Å². The molecular formula is C10H20N2O5S. The maximum atomic E-state index is 11.5. The molecule has 0 bridgehead atoms. The predicted molar refractivity (Wildman–Crippen MR) is 65.1 cm³/mol. The van der Waals surface area contributed by atoms with E-state index in [1.54, 1.807) is 11.6 Å². The quantitative estimate of drug-likeness (QED) is 0.641. The van der Waals surface area contributed by atoms with Gasteiger partial charge in [0.2, 0.25) is 0 Å². The molecule has 3 N–H and O–H groups in total. The van der Waals surface area contributed by atoms with Gasteiger partial charge in [-0.1, -0.05) is 12.8 Å². The molecule has 0 spiro atoms. The largest absolute Gasteiger partial charge is 0.449 e. The fraction of sp³-hybridized carbons (Fsp3) is 0.900. The fourth-order valence-corrected chi connectivity index (χ4v) is 2.92. The Morgan fingerprint density at radius 1 is 1.39 bits per heavy atom. The number of carbonyl (C=O) groups is 1. The summed E-state index contributed by atoms with van der Waals surface area (Å²) in [6.45, 7) is 1.74. The molecule has 1 aliphatic rings. The van der Waals surface area contributed by atoms with Crippen molar-refractivity contribution >= 4 is 16.3 Å². The number of nitrogens with one attached hydrogen (secondary N) is 2. The summed E-state index contributed by atoms with van der Waals surface area (Å²) in [7, 11) is -3.92. The third kappa shape index (κ3) is 4.43. The van der Waals surface area contributed by atoms with Crippen LogP contribution in [0.2, 0.25) is 0 Å². The average molecular weight is 280 g/mol. The molecule has 106 valence electrons. The zero-order valence-electron chi connectivity index (χ0n) is 10.4. The number of amides is 1. The van der Waals surface area contributed by atoms with E-state index in [9.17, 15) is 18.3 Å². The van der Waals surface area contributed by atoms with E-state index in [1.807, 2.05) is 0 Å². The number of hydrogen-bond acceptors (Lipinski definition) is 5. The maximum absolute atomic E-state index is 11.5. The average Bonchev–Trinajstić information content (AvgIpc) is 2.75. The van der Waals surface area contributed by atoms with Crippen LogP contribution in [-0.4, -0.2) is 39.4 Å². The Kier molecular flexibility index (Phi) is 5.36. The van der Waals surface area contributed by atoms with E-state index in [4.69, 9.17) is 0 Å². The van der Waals surface area contributed by atoms with E-state index in [1.165, 1.54) is 0 Å². The number of rotatable bonds is 6. The van der Waals surface area contributed by atoms with Crippen LogP contribution < -0.4 is 9.44 Å². The summed E-state index contributed by atoms with van der Waals surface area (Å²) in [5.41, 5.74) is -0.399. The summed E-state index contributed by atoms with van der Waals surface area (Å²) < 4.78 is 31.6. The van der Waals surface area contributed by atoms with Gasteiger partial charge in [0.1, 0.15) is 0 Å². The molecule has 0 aromatic carbocycles. The number of ether oxygens (including phenoxy) is 1. The van der Waals surface area contributed by atoms with Gasteiger partial charge in [-0.3, -0.25) is 0 Å². The van der Waals surface area contributed by atoms with E-state index in [0.717, 1.165) is 25.7 Å². The molecule has 1 saturated carbocycles. The Morgan fingerprint density at radius 3 is 2.50 bits per heavy atom. The van der Waals surface area contributed by atoms with E-state index in [-0.39, 0.29) is 19.8 Å². The van der Waals surface area contributed by atoms with Crippen LogP contribution in [0.5, 0.6) is 0 Å². The van der Waals surface area contributed by atoms with Gasteiger partial charge in [0.25, 0.3) is 0 Å². The van der Waals surface area contributed by atoms with E-state index in [0.29, 0.717) is 0 Å². The first-order valence-corrected chi connectivity index (χ1v) is 7.46. The van der Waals surface area contributed by atoms with E-state index >= 15 is 0 Å². The van der Waals surface area contributed by atoms with Gasteiger partial charge >= 0.3 is 16.3 Å². The topological polar surface area (TPSA) is 105 Å². The molecule has 8 heteroatoms. The minimum Gasteiger partial charge on any atom is -0.449 e. The molecule has 0 aromatic rings. The normalized spacial score (nSPS) is 18.6. The molecule has 1 amide bonds.